The van der Waals surface area contributed by atoms with Crippen LogP contribution in [0.15, 0.2) is 16.0 Å². The smallest absolute Gasteiger partial charge is 0.288 e. The van der Waals surface area contributed by atoms with Gasteiger partial charge in [-0.1, -0.05) is 11.8 Å². The first kappa shape index (κ1) is 11.5. The fourth-order valence-corrected chi connectivity index (χ4v) is 3.06. The lowest BCUT2D eigenvalue weighted by molar-refractivity contribution is 0.0953. The lowest BCUT2D eigenvalue weighted by Gasteiger charge is -1.93. The van der Waals surface area contributed by atoms with Gasteiger partial charge in [0.25, 0.3) is 5.91 Å². The topological polar surface area (TPSA) is 93.8 Å². The number of thiazole rings is 1. The Labute approximate surface area is 103 Å². The van der Waals surface area contributed by atoms with Gasteiger partial charge < -0.3 is 0 Å². The van der Waals surface area contributed by atoms with E-state index < -0.39 is 0 Å². The Morgan fingerprint density at radius 1 is 1.62 bits per heavy atom. The van der Waals surface area contributed by atoms with Gasteiger partial charge in [-0.15, -0.1) is 11.3 Å². The van der Waals surface area contributed by atoms with Crippen LogP contribution >= 0.6 is 34.6 Å². The van der Waals surface area contributed by atoms with Crippen molar-refractivity contribution in [1.29, 1.82) is 0 Å². The summed E-state index contributed by atoms with van der Waals surface area (Å²) in [6.07, 6.45) is 1.52. The van der Waals surface area contributed by atoms with E-state index in [4.69, 9.17) is 5.84 Å². The van der Waals surface area contributed by atoms with Crippen molar-refractivity contribution in [2.75, 3.05) is 0 Å². The largest absolute Gasteiger partial charge is 0.294 e. The van der Waals surface area contributed by atoms with Crippen LogP contribution in [0.25, 0.3) is 0 Å². The maximum absolute atomic E-state index is 11.1. The van der Waals surface area contributed by atoms with Gasteiger partial charge in [0.1, 0.15) is 6.33 Å². The number of nitrogens with one attached hydrogen (secondary N) is 1. The lowest BCUT2D eigenvalue weighted by Crippen LogP contribution is -2.29. The van der Waals surface area contributed by atoms with Crippen LogP contribution in [0.3, 0.4) is 0 Å². The highest BCUT2D eigenvalue weighted by atomic mass is 32.2. The standard InChI is InChI=1S/C7H7N5OS3/c8-12-5(13)6-11-4(1-14-6)2-15-7-9-3-10-16-7/h1,3H,2,8H2,(H,12,13). The Hall–Kier alpha value is -1.03. The highest BCUT2D eigenvalue weighted by Gasteiger charge is 2.09. The first-order chi connectivity index (χ1) is 7.79. The van der Waals surface area contributed by atoms with Crippen LogP contribution < -0.4 is 11.3 Å². The summed E-state index contributed by atoms with van der Waals surface area (Å²) in [5, 5.41) is 2.20. The second kappa shape index (κ2) is 5.34. The molecule has 84 valence electrons. The van der Waals surface area contributed by atoms with Gasteiger partial charge in [-0.3, -0.25) is 10.2 Å². The van der Waals surface area contributed by atoms with Crippen molar-refractivity contribution in [2.24, 2.45) is 5.84 Å². The van der Waals surface area contributed by atoms with Crippen LogP contribution in [-0.4, -0.2) is 20.2 Å². The van der Waals surface area contributed by atoms with Crippen molar-refractivity contribution in [3.63, 3.8) is 0 Å². The molecule has 2 heterocycles. The zero-order chi connectivity index (χ0) is 11.4. The molecule has 9 heteroatoms. The number of amides is 1. The Balaban J connectivity index is 1.95. The summed E-state index contributed by atoms with van der Waals surface area (Å²) in [5.41, 5.74) is 2.88. The molecule has 0 fully saturated rings. The van der Waals surface area contributed by atoms with Crippen LogP contribution in [0.1, 0.15) is 15.5 Å². The van der Waals surface area contributed by atoms with Crippen LogP contribution in [0, 0.1) is 0 Å². The number of carbonyl (C=O) groups excluding carboxylic acids is 1. The summed E-state index contributed by atoms with van der Waals surface area (Å²) < 4.78 is 4.78. The number of thioether (sulfide) groups is 1. The van der Waals surface area contributed by atoms with Crippen molar-refractivity contribution >= 4 is 40.5 Å². The second-order valence-electron chi connectivity index (χ2n) is 2.61. The van der Waals surface area contributed by atoms with Crippen molar-refractivity contribution < 1.29 is 4.79 Å². The maximum atomic E-state index is 11.1. The number of nitrogen functional groups attached to an aromatic ring is 1. The number of aromatic nitrogens is 3. The molecule has 0 radical (unpaired) electrons. The third-order valence-corrected chi connectivity index (χ3v) is 4.28. The van der Waals surface area contributed by atoms with Crippen molar-refractivity contribution in [3.05, 3.63) is 22.4 Å². The highest BCUT2D eigenvalue weighted by molar-refractivity contribution is 8.00. The maximum Gasteiger partial charge on any atom is 0.294 e. The van der Waals surface area contributed by atoms with E-state index in [9.17, 15) is 4.79 Å². The van der Waals surface area contributed by atoms with Gasteiger partial charge in [0, 0.05) is 11.1 Å². The Kier molecular flexibility index (Phi) is 3.83. The van der Waals surface area contributed by atoms with Crippen LogP contribution in [0.2, 0.25) is 0 Å². The summed E-state index contributed by atoms with van der Waals surface area (Å²) >= 11 is 4.15. The van der Waals surface area contributed by atoms with E-state index in [1.165, 1.54) is 41.0 Å². The van der Waals surface area contributed by atoms with Crippen LogP contribution in [0.5, 0.6) is 0 Å². The third kappa shape index (κ3) is 2.76. The van der Waals surface area contributed by atoms with Crippen molar-refractivity contribution in [1.82, 2.24) is 19.8 Å². The molecular weight excluding hydrogens is 266 g/mol. The number of nitrogens with zero attached hydrogens (tertiary/aromatic N) is 3. The average molecular weight is 273 g/mol. The molecule has 1 amide bonds. The zero-order valence-electron chi connectivity index (χ0n) is 7.91. The number of rotatable bonds is 4. The molecule has 0 aliphatic rings. The molecule has 2 aromatic heterocycles. The molecule has 2 rings (SSSR count). The van der Waals surface area contributed by atoms with Crippen molar-refractivity contribution in [2.45, 2.75) is 10.1 Å². The molecule has 0 bridgehead atoms. The molecule has 3 N–H and O–H groups in total. The number of carbonyl (C=O) groups is 1. The zero-order valence-corrected chi connectivity index (χ0v) is 10.4. The molecule has 6 nitrogen and oxygen atoms in total. The monoisotopic (exact) mass is 273 g/mol. The molecule has 0 atom stereocenters. The number of nitrogens with two attached hydrogens (primary N) is 1. The highest BCUT2D eigenvalue weighted by Crippen LogP contribution is 2.23. The van der Waals surface area contributed by atoms with E-state index >= 15 is 0 Å². The minimum Gasteiger partial charge on any atom is -0.288 e. The lowest BCUT2D eigenvalue weighted by atomic mass is 10.5. The fraction of sp³-hybridized carbons (Fsp3) is 0.143. The quantitative estimate of drug-likeness (QED) is 0.372. The Morgan fingerprint density at radius 2 is 2.50 bits per heavy atom. The van der Waals surface area contributed by atoms with Gasteiger partial charge in [0.05, 0.1) is 5.69 Å². The molecule has 0 aromatic carbocycles. The Morgan fingerprint density at radius 3 is 3.19 bits per heavy atom. The number of hydrazine groups is 1. The number of hydrogen-bond donors (Lipinski definition) is 2. The van der Waals surface area contributed by atoms with Gasteiger partial charge in [-0.05, 0) is 11.5 Å². The summed E-state index contributed by atoms with van der Waals surface area (Å²) in [6, 6.07) is 0. The van der Waals surface area contributed by atoms with Gasteiger partial charge in [-0.2, -0.15) is 4.37 Å². The van der Waals surface area contributed by atoms with Gasteiger partial charge in [-0.25, -0.2) is 15.8 Å². The normalized spacial score (nSPS) is 10.3. The van der Waals surface area contributed by atoms with E-state index in [1.54, 1.807) is 0 Å². The summed E-state index contributed by atoms with van der Waals surface area (Å²) in [6.45, 7) is 0. The molecule has 0 unspecified atom stereocenters. The average Bonchev–Trinajstić information content (AvgIpc) is 2.96. The molecule has 0 saturated heterocycles. The predicted molar refractivity (Wildman–Crippen MR) is 63.2 cm³/mol. The molecule has 2 aromatic rings. The third-order valence-electron chi connectivity index (χ3n) is 1.56. The molecule has 0 aliphatic heterocycles. The van der Waals surface area contributed by atoms with Gasteiger partial charge in [0.15, 0.2) is 9.35 Å². The molecule has 0 saturated carbocycles. The predicted octanol–water partition coefficient (Wildman–Crippen LogP) is 0.890. The van der Waals surface area contributed by atoms with Gasteiger partial charge in [0.2, 0.25) is 0 Å². The fourth-order valence-electron chi connectivity index (χ4n) is 0.902. The van der Waals surface area contributed by atoms with E-state index in [-0.39, 0.29) is 5.91 Å². The SMILES string of the molecule is NNC(=O)c1nc(CSc2ncns2)cs1. The molecule has 0 spiro atoms. The van der Waals surface area contributed by atoms with Crippen LogP contribution in [0.4, 0.5) is 0 Å². The van der Waals surface area contributed by atoms with Crippen LogP contribution in [-0.2, 0) is 5.75 Å². The summed E-state index contributed by atoms with van der Waals surface area (Å²) in [7, 11) is 0. The Bertz CT molecular complexity index is 468. The first-order valence-corrected chi connectivity index (χ1v) is 6.78. The molecular formula is C7H7N5OS3. The van der Waals surface area contributed by atoms with E-state index in [1.807, 2.05) is 10.8 Å². The second-order valence-corrected chi connectivity index (χ2v) is 5.47. The minimum atomic E-state index is -0.364. The summed E-state index contributed by atoms with van der Waals surface area (Å²) in [5.74, 6) is 5.32. The first-order valence-electron chi connectivity index (χ1n) is 4.14. The van der Waals surface area contributed by atoms with E-state index in [0.29, 0.717) is 10.8 Å². The van der Waals surface area contributed by atoms with E-state index in [2.05, 4.69) is 14.3 Å². The molecule has 16 heavy (non-hydrogen) atoms. The summed E-state index contributed by atoms with van der Waals surface area (Å²) in [4.78, 5) is 19.3. The van der Waals surface area contributed by atoms with Crippen molar-refractivity contribution in [3.8, 4) is 0 Å². The van der Waals surface area contributed by atoms with Gasteiger partial charge >= 0.3 is 0 Å². The molecule has 0 aliphatic carbocycles. The minimum absolute atomic E-state index is 0.364. The number of hydrogen-bond acceptors (Lipinski definition) is 8. The van der Waals surface area contributed by atoms with E-state index in [0.717, 1.165) is 10.0 Å².